The van der Waals surface area contributed by atoms with E-state index in [9.17, 15) is 4.79 Å². The maximum absolute atomic E-state index is 11.4. The highest BCUT2D eigenvalue weighted by Gasteiger charge is 2.01. The molecule has 2 aromatic carbocycles. The topological polar surface area (TPSA) is 79.4 Å². The van der Waals surface area contributed by atoms with Crippen LogP contribution < -0.4 is 15.7 Å². The maximum atomic E-state index is 11.4. The van der Waals surface area contributed by atoms with Gasteiger partial charge in [-0.15, -0.1) is 0 Å². The zero-order chi connectivity index (χ0) is 19.2. The number of anilines is 1. The molecule has 1 aromatic heterocycles. The summed E-state index contributed by atoms with van der Waals surface area (Å²) in [5, 5.41) is 5.08. The summed E-state index contributed by atoms with van der Waals surface area (Å²) < 4.78 is 5.73. The Hall–Kier alpha value is -2.83. The molecule has 0 bridgehead atoms. The minimum absolute atomic E-state index is 0.233. The van der Waals surface area contributed by atoms with Gasteiger partial charge in [-0.3, -0.25) is 9.78 Å². The molecule has 8 heteroatoms. The first-order valence-electron chi connectivity index (χ1n) is 8.03. The van der Waals surface area contributed by atoms with Gasteiger partial charge in [0.15, 0.2) is 0 Å². The smallest absolute Gasteiger partial charge is 0.252 e. The molecule has 6 nitrogen and oxygen atoms in total. The molecule has 3 aromatic rings. The van der Waals surface area contributed by atoms with Crippen molar-refractivity contribution in [3.8, 4) is 5.75 Å². The SMILES string of the molecule is Cc1cc(=O)[nH]c(N/N=C/c2ccc(OCc3ccc(Cl)c(Cl)c3)cc2)n1. The number of aromatic amines is 1. The molecule has 0 aliphatic rings. The summed E-state index contributed by atoms with van der Waals surface area (Å²) in [4.78, 5) is 18.0. The van der Waals surface area contributed by atoms with E-state index in [1.165, 1.54) is 6.07 Å². The lowest BCUT2D eigenvalue weighted by Gasteiger charge is -2.07. The third-order valence-electron chi connectivity index (χ3n) is 3.52. The van der Waals surface area contributed by atoms with Gasteiger partial charge in [0.05, 0.1) is 16.3 Å². The molecule has 0 radical (unpaired) electrons. The molecule has 0 unspecified atom stereocenters. The normalized spacial score (nSPS) is 10.9. The molecule has 138 valence electrons. The third kappa shape index (κ3) is 5.57. The molecule has 2 N–H and O–H groups in total. The van der Waals surface area contributed by atoms with E-state index in [1.807, 2.05) is 30.3 Å². The Bertz CT molecular complexity index is 1020. The first-order valence-corrected chi connectivity index (χ1v) is 8.79. The van der Waals surface area contributed by atoms with Crippen LogP contribution in [0.4, 0.5) is 5.95 Å². The van der Waals surface area contributed by atoms with Gasteiger partial charge in [-0.2, -0.15) is 5.10 Å². The van der Waals surface area contributed by atoms with Crippen LogP contribution in [0.25, 0.3) is 0 Å². The molecule has 0 saturated carbocycles. The number of halogens is 2. The highest BCUT2D eigenvalue weighted by atomic mass is 35.5. The van der Waals surface area contributed by atoms with E-state index in [-0.39, 0.29) is 11.5 Å². The molecule has 0 saturated heterocycles. The first kappa shape index (κ1) is 18.9. The molecule has 0 atom stereocenters. The lowest BCUT2D eigenvalue weighted by atomic mass is 10.2. The number of H-pyrrole nitrogens is 1. The van der Waals surface area contributed by atoms with E-state index in [0.29, 0.717) is 22.3 Å². The first-order chi connectivity index (χ1) is 13.0. The van der Waals surface area contributed by atoms with E-state index in [1.54, 1.807) is 25.3 Å². The summed E-state index contributed by atoms with van der Waals surface area (Å²) in [6.45, 7) is 2.12. The lowest BCUT2D eigenvalue weighted by molar-refractivity contribution is 0.306. The summed E-state index contributed by atoms with van der Waals surface area (Å²) in [6, 6.07) is 14.2. The van der Waals surface area contributed by atoms with Gasteiger partial charge < -0.3 is 4.74 Å². The number of nitrogens with one attached hydrogen (secondary N) is 2. The number of benzene rings is 2. The van der Waals surface area contributed by atoms with Crippen molar-refractivity contribution < 1.29 is 4.74 Å². The van der Waals surface area contributed by atoms with E-state index in [0.717, 1.165) is 16.9 Å². The monoisotopic (exact) mass is 402 g/mol. The van der Waals surface area contributed by atoms with Gasteiger partial charge in [-0.05, 0) is 54.4 Å². The van der Waals surface area contributed by atoms with Crippen molar-refractivity contribution >= 4 is 35.4 Å². The molecular formula is C19H16Cl2N4O2. The Morgan fingerprint density at radius 2 is 1.93 bits per heavy atom. The Labute approximate surface area is 165 Å². The highest BCUT2D eigenvalue weighted by molar-refractivity contribution is 6.42. The predicted molar refractivity (Wildman–Crippen MR) is 108 cm³/mol. The van der Waals surface area contributed by atoms with Crippen molar-refractivity contribution in [2.24, 2.45) is 5.10 Å². The molecule has 0 fully saturated rings. The highest BCUT2D eigenvalue weighted by Crippen LogP contribution is 2.23. The summed E-state index contributed by atoms with van der Waals surface area (Å²) in [7, 11) is 0. The second kappa shape index (κ2) is 8.70. The summed E-state index contributed by atoms with van der Waals surface area (Å²) in [5.41, 5.74) is 4.86. The molecule has 0 spiro atoms. The van der Waals surface area contributed by atoms with Gasteiger partial charge in [-0.1, -0.05) is 29.3 Å². The molecule has 27 heavy (non-hydrogen) atoms. The Balaban J connectivity index is 1.56. The van der Waals surface area contributed by atoms with Gasteiger partial charge in [0.2, 0.25) is 5.95 Å². The number of hydrazone groups is 1. The molecule has 0 aliphatic carbocycles. The zero-order valence-corrected chi connectivity index (χ0v) is 15.9. The Morgan fingerprint density at radius 1 is 1.15 bits per heavy atom. The van der Waals surface area contributed by atoms with Crippen molar-refractivity contribution in [3.05, 3.63) is 85.8 Å². The fraction of sp³-hybridized carbons (Fsp3) is 0.105. The van der Waals surface area contributed by atoms with Crippen LogP contribution in [0.5, 0.6) is 5.75 Å². The van der Waals surface area contributed by atoms with Crippen LogP contribution in [0.1, 0.15) is 16.8 Å². The minimum atomic E-state index is -0.233. The van der Waals surface area contributed by atoms with Crippen molar-refractivity contribution in [3.63, 3.8) is 0 Å². The van der Waals surface area contributed by atoms with Crippen LogP contribution in [0.15, 0.2) is 58.4 Å². The number of aromatic nitrogens is 2. The maximum Gasteiger partial charge on any atom is 0.252 e. The minimum Gasteiger partial charge on any atom is -0.489 e. The molecule has 3 rings (SSSR count). The van der Waals surface area contributed by atoms with Crippen LogP contribution >= 0.6 is 23.2 Å². The number of aryl methyl sites for hydroxylation is 1. The number of hydrogen-bond acceptors (Lipinski definition) is 5. The van der Waals surface area contributed by atoms with E-state index in [2.05, 4.69) is 20.5 Å². The second-order valence-corrected chi connectivity index (χ2v) is 6.53. The van der Waals surface area contributed by atoms with E-state index < -0.39 is 0 Å². The van der Waals surface area contributed by atoms with Crippen LogP contribution in [0.3, 0.4) is 0 Å². The second-order valence-electron chi connectivity index (χ2n) is 5.71. The van der Waals surface area contributed by atoms with Gasteiger partial charge in [0, 0.05) is 11.8 Å². The molecule has 0 amide bonds. The predicted octanol–water partition coefficient (Wildman–Crippen LogP) is 4.41. The van der Waals surface area contributed by atoms with Gasteiger partial charge in [-0.25, -0.2) is 10.4 Å². The van der Waals surface area contributed by atoms with Crippen molar-refractivity contribution in [1.29, 1.82) is 0 Å². The number of nitrogens with zero attached hydrogens (tertiary/aromatic N) is 2. The average Bonchev–Trinajstić information content (AvgIpc) is 2.63. The quantitative estimate of drug-likeness (QED) is 0.472. The summed E-state index contributed by atoms with van der Waals surface area (Å²) in [5.74, 6) is 1.01. The van der Waals surface area contributed by atoms with Gasteiger partial charge >= 0.3 is 0 Å². The molecular weight excluding hydrogens is 387 g/mol. The van der Waals surface area contributed by atoms with Crippen molar-refractivity contribution in [2.45, 2.75) is 13.5 Å². The number of ether oxygens (including phenoxy) is 1. The number of rotatable bonds is 6. The lowest BCUT2D eigenvalue weighted by Crippen LogP contribution is -2.10. The van der Waals surface area contributed by atoms with Crippen LogP contribution in [0.2, 0.25) is 10.0 Å². The average molecular weight is 403 g/mol. The molecule has 0 aliphatic heterocycles. The van der Waals surface area contributed by atoms with E-state index >= 15 is 0 Å². The Morgan fingerprint density at radius 3 is 2.63 bits per heavy atom. The van der Waals surface area contributed by atoms with Crippen LogP contribution in [0, 0.1) is 6.92 Å². The fourth-order valence-corrected chi connectivity index (χ4v) is 2.57. The van der Waals surface area contributed by atoms with Gasteiger partial charge in [0.1, 0.15) is 12.4 Å². The summed E-state index contributed by atoms with van der Waals surface area (Å²) >= 11 is 11.9. The summed E-state index contributed by atoms with van der Waals surface area (Å²) in [6.07, 6.45) is 1.62. The fourth-order valence-electron chi connectivity index (χ4n) is 2.25. The van der Waals surface area contributed by atoms with Crippen LogP contribution in [-0.2, 0) is 6.61 Å². The molecule has 1 heterocycles. The largest absolute Gasteiger partial charge is 0.489 e. The Kier molecular flexibility index (Phi) is 6.11. The van der Waals surface area contributed by atoms with E-state index in [4.69, 9.17) is 27.9 Å². The zero-order valence-electron chi connectivity index (χ0n) is 14.4. The number of hydrogen-bond donors (Lipinski definition) is 2. The van der Waals surface area contributed by atoms with Crippen molar-refractivity contribution in [2.75, 3.05) is 5.43 Å². The van der Waals surface area contributed by atoms with Crippen molar-refractivity contribution in [1.82, 2.24) is 9.97 Å². The standard InChI is InChI=1S/C19H16Cl2N4O2/c1-12-8-18(26)24-19(23-12)25-22-10-13-2-5-15(6-3-13)27-11-14-4-7-16(20)17(21)9-14/h2-10H,11H2,1H3,(H2,23,24,25,26)/b22-10+. The third-order valence-corrected chi connectivity index (χ3v) is 4.26. The van der Waals surface area contributed by atoms with Crippen LogP contribution in [-0.4, -0.2) is 16.2 Å². The van der Waals surface area contributed by atoms with Gasteiger partial charge in [0.25, 0.3) is 5.56 Å².